The third-order valence-corrected chi connectivity index (χ3v) is 4.34. The van der Waals surface area contributed by atoms with Crippen LogP contribution in [0.2, 0.25) is 0 Å². The van der Waals surface area contributed by atoms with Crippen molar-refractivity contribution in [3.63, 3.8) is 0 Å². The molecular weight excluding hydrogens is 336 g/mol. The van der Waals surface area contributed by atoms with Crippen LogP contribution in [0.5, 0.6) is 11.5 Å². The quantitative estimate of drug-likeness (QED) is 0.816. The van der Waals surface area contributed by atoms with E-state index in [0.29, 0.717) is 31.1 Å². The first-order valence-corrected chi connectivity index (χ1v) is 8.44. The molecule has 0 aliphatic carbocycles. The summed E-state index contributed by atoms with van der Waals surface area (Å²) in [6.45, 7) is 3.04. The second-order valence-corrected chi connectivity index (χ2v) is 6.07. The van der Waals surface area contributed by atoms with E-state index in [9.17, 15) is 9.90 Å². The van der Waals surface area contributed by atoms with Crippen molar-refractivity contribution in [1.82, 2.24) is 0 Å². The molecule has 1 atom stereocenters. The van der Waals surface area contributed by atoms with E-state index >= 15 is 0 Å². The molecule has 138 valence electrons. The van der Waals surface area contributed by atoms with Crippen molar-refractivity contribution in [3.05, 3.63) is 59.2 Å². The molecule has 1 heterocycles. The topological polar surface area (TPSA) is 74.2 Å². The average Bonchev–Trinajstić information content (AvgIpc) is 3.20. The molecule has 1 unspecified atom stereocenters. The molecule has 2 aromatic rings. The number of carboxylic acids is 1. The van der Waals surface area contributed by atoms with Crippen LogP contribution in [0.1, 0.15) is 35.8 Å². The number of benzene rings is 2. The van der Waals surface area contributed by atoms with Crippen molar-refractivity contribution in [2.75, 3.05) is 20.3 Å². The molecule has 2 aromatic carbocycles. The van der Waals surface area contributed by atoms with Crippen LogP contribution in [0, 0.1) is 0 Å². The predicted octanol–water partition coefficient (Wildman–Crippen LogP) is 3.51. The maximum atomic E-state index is 11.3. The lowest BCUT2D eigenvalue weighted by molar-refractivity contribution is -0.138. The fourth-order valence-corrected chi connectivity index (χ4v) is 2.70. The summed E-state index contributed by atoms with van der Waals surface area (Å²) < 4.78 is 22.3. The van der Waals surface area contributed by atoms with E-state index in [0.717, 1.165) is 16.9 Å². The van der Waals surface area contributed by atoms with Crippen LogP contribution in [-0.2, 0) is 20.9 Å². The summed E-state index contributed by atoms with van der Waals surface area (Å²) in [6, 6.07) is 12.9. The summed E-state index contributed by atoms with van der Waals surface area (Å²) in [5.41, 5.74) is 2.41. The highest BCUT2D eigenvalue weighted by Gasteiger charge is 2.24. The molecule has 1 fully saturated rings. The van der Waals surface area contributed by atoms with Gasteiger partial charge in [0, 0.05) is 5.56 Å². The summed E-state index contributed by atoms with van der Waals surface area (Å²) in [7, 11) is 1.62. The van der Waals surface area contributed by atoms with E-state index in [1.807, 2.05) is 30.3 Å². The van der Waals surface area contributed by atoms with Crippen molar-refractivity contribution < 1.29 is 28.8 Å². The number of hydrogen-bond donors (Lipinski definition) is 1. The van der Waals surface area contributed by atoms with Gasteiger partial charge in [-0.3, -0.25) is 4.79 Å². The number of carboxylic acid groups (broad SMARTS) is 1. The molecule has 26 heavy (non-hydrogen) atoms. The molecular formula is C20H22O6. The molecule has 0 amide bonds. The lowest BCUT2D eigenvalue weighted by Gasteiger charge is -2.18. The fraction of sp³-hybridized carbons (Fsp3) is 0.350. The molecule has 0 saturated carbocycles. The first-order valence-electron chi connectivity index (χ1n) is 8.44. The summed E-state index contributed by atoms with van der Waals surface area (Å²) in [5, 5.41) is 9.26. The summed E-state index contributed by atoms with van der Waals surface area (Å²) in [4.78, 5) is 11.3. The summed E-state index contributed by atoms with van der Waals surface area (Å²) in [5.74, 6) is -0.164. The smallest absolute Gasteiger partial charge is 0.310 e. The Morgan fingerprint density at radius 2 is 1.88 bits per heavy atom. The Morgan fingerprint density at radius 1 is 1.19 bits per heavy atom. The Labute approximate surface area is 152 Å². The number of hydrogen-bond acceptors (Lipinski definition) is 5. The highest BCUT2D eigenvalue weighted by molar-refractivity contribution is 5.75. The highest BCUT2D eigenvalue weighted by atomic mass is 16.7. The Bertz CT molecular complexity index is 749. The van der Waals surface area contributed by atoms with Crippen molar-refractivity contribution in [1.29, 1.82) is 0 Å². The van der Waals surface area contributed by atoms with Gasteiger partial charge in [-0.1, -0.05) is 18.2 Å². The van der Waals surface area contributed by atoms with Crippen LogP contribution >= 0.6 is 0 Å². The van der Waals surface area contributed by atoms with Gasteiger partial charge in [0.15, 0.2) is 6.29 Å². The van der Waals surface area contributed by atoms with Crippen molar-refractivity contribution in [2.24, 2.45) is 0 Å². The minimum absolute atomic E-state index is 0.342. The second-order valence-electron chi connectivity index (χ2n) is 6.07. The molecule has 3 rings (SSSR count). The maximum absolute atomic E-state index is 11.3. The summed E-state index contributed by atoms with van der Waals surface area (Å²) >= 11 is 0. The van der Waals surface area contributed by atoms with E-state index < -0.39 is 18.2 Å². The lowest BCUT2D eigenvalue weighted by atomic mass is 9.99. The minimum atomic E-state index is -0.882. The van der Waals surface area contributed by atoms with Crippen LogP contribution in [0.15, 0.2) is 42.5 Å². The number of rotatable bonds is 7. The van der Waals surface area contributed by atoms with Crippen LogP contribution in [0.25, 0.3) is 0 Å². The highest BCUT2D eigenvalue weighted by Crippen LogP contribution is 2.34. The molecule has 6 heteroatoms. The maximum Gasteiger partial charge on any atom is 0.310 e. The van der Waals surface area contributed by atoms with Crippen LogP contribution in [-0.4, -0.2) is 31.4 Å². The van der Waals surface area contributed by atoms with E-state index in [4.69, 9.17) is 18.9 Å². The van der Waals surface area contributed by atoms with Gasteiger partial charge in [-0.15, -0.1) is 0 Å². The third kappa shape index (κ3) is 4.15. The van der Waals surface area contributed by atoms with Gasteiger partial charge in [0.05, 0.1) is 26.2 Å². The molecule has 0 spiro atoms. The zero-order valence-electron chi connectivity index (χ0n) is 14.8. The fourth-order valence-electron chi connectivity index (χ4n) is 2.70. The normalized spacial score (nSPS) is 15.6. The van der Waals surface area contributed by atoms with Crippen molar-refractivity contribution in [2.45, 2.75) is 25.7 Å². The van der Waals surface area contributed by atoms with Crippen LogP contribution in [0.3, 0.4) is 0 Å². The Morgan fingerprint density at radius 3 is 2.50 bits per heavy atom. The monoisotopic (exact) mass is 358 g/mol. The largest absolute Gasteiger partial charge is 0.497 e. The standard InChI is InChI=1S/C20H22O6/c1-13(19(21)22)15-5-8-17(20-24-9-10-25-20)18(11-15)26-12-14-3-6-16(23-2)7-4-14/h3-8,11,13,20H,9-10,12H2,1-2H3,(H,21,22). The Hall–Kier alpha value is -2.57. The molecule has 0 aromatic heterocycles. The Balaban J connectivity index is 1.83. The van der Waals surface area contributed by atoms with Gasteiger partial charge in [0.2, 0.25) is 0 Å². The number of aliphatic carboxylic acids is 1. The van der Waals surface area contributed by atoms with Gasteiger partial charge in [0.1, 0.15) is 18.1 Å². The SMILES string of the molecule is COc1ccc(COc2cc(C(C)C(=O)O)ccc2C2OCCO2)cc1. The molecule has 1 aliphatic rings. The van der Waals surface area contributed by atoms with Crippen LogP contribution < -0.4 is 9.47 Å². The average molecular weight is 358 g/mol. The number of methoxy groups -OCH3 is 1. The molecule has 0 bridgehead atoms. The molecule has 1 saturated heterocycles. The zero-order chi connectivity index (χ0) is 18.5. The van der Waals surface area contributed by atoms with Gasteiger partial charge >= 0.3 is 5.97 Å². The zero-order valence-corrected chi connectivity index (χ0v) is 14.8. The first kappa shape index (κ1) is 18.2. The third-order valence-electron chi connectivity index (χ3n) is 4.34. The lowest BCUT2D eigenvalue weighted by Crippen LogP contribution is -2.09. The van der Waals surface area contributed by atoms with E-state index in [-0.39, 0.29) is 0 Å². The predicted molar refractivity (Wildman–Crippen MR) is 94.5 cm³/mol. The Kier molecular flexibility index (Phi) is 5.75. The number of ether oxygens (including phenoxy) is 4. The van der Waals surface area contributed by atoms with Crippen LogP contribution in [0.4, 0.5) is 0 Å². The van der Waals surface area contributed by atoms with E-state index in [2.05, 4.69) is 0 Å². The van der Waals surface area contributed by atoms with Gasteiger partial charge in [-0.2, -0.15) is 0 Å². The molecule has 1 N–H and O–H groups in total. The minimum Gasteiger partial charge on any atom is -0.497 e. The molecule has 6 nitrogen and oxygen atoms in total. The van der Waals surface area contributed by atoms with Crippen molar-refractivity contribution in [3.8, 4) is 11.5 Å². The van der Waals surface area contributed by atoms with Crippen molar-refractivity contribution >= 4 is 5.97 Å². The van der Waals surface area contributed by atoms with Gasteiger partial charge in [-0.25, -0.2) is 0 Å². The van der Waals surface area contributed by atoms with E-state index in [1.165, 1.54) is 0 Å². The first-order chi connectivity index (χ1) is 12.6. The molecule has 1 aliphatic heterocycles. The van der Waals surface area contributed by atoms with Gasteiger partial charge in [-0.05, 0) is 42.3 Å². The van der Waals surface area contributed by atoms with Gasteiger partial charge in [0.25, 0.3) is 0 Å². The second kappa shape index (κ2) is 8.21. The molecule has 0 radical (unpaired) electrons. The number of carbonyl (C=O) groups is 1. The van der Waals surface area contributed by atoms with E-state index in [1.54, 1.807) is 26.2 Å². The van der Waals surface area contributed by atoms with Gasteiger partial charge < -0.3 is 24.1 Å². The summed E-state index contributed by atoms with van der Waals surface area (Å²) in [6.07, 6.45) is -0.491.